The maximum Gasteiger partial charge on any atom is 0.243 e. The van der Waals surface area contributed by atoms with Crippen LogP contribution in [-0.4, -0.2) is 78.7 Å². The minimum Gasteiger partial charge on any atom is -0.383 e. The average molecular weight is 398 g/mol. The van der Waals surface area contributed by atoms with Gasteiger partial charge in [-0.3, -0.25) is 4.90 Å². The van der Waals surface area contributed by atoms with Crippen LogP contribution in [0.3, 0.4) is 0 Å². The Morgan fingerprint density at radius 2 is 2.15 bits per heavy atom. The highest BCUT2D eigenvalue weighted by atomic mass is 32.2. The molecule has 1 aromatic carbocycles. The number of tetrazole rings is 1. The number of rotatable bonds is 7. The van der Waals surface area contributed by atoms with Gasteiger partial charge in [0, 0.05) is 20.2 Å². The first-order valence-electron chi connectivity index (χ1n) is 8.50. The summed E-state index contributed by atoms with van der Waals surface area (Å²) in [5, 5.41) is 12.0. The molecular formula is C16H23FN6O3S. The molecule has 0 spiro atoms. The zero-order valence-corrected chi connectivity index (χ0v) is 16.4. The molecule has 0 aliphatic carbocycles. The van der Waals surface area contributed by atoms with Gasteiger partial charge in [0.2, 0.25) is 10.0 Å². The molecule has 1 aliphatic heterocycles. The van der Waals surface area contributed by atoms with Crippen molar-refractivity contribution in [2.24, 2.45) is 0 Å². The number of sulfonamides is 1. The van der Waals surface area contributed by atoms with E-state index in [1.165, 1.54) is 22.5 Å². The van der Waals surface area contributed by atoms with E-state index in [0.717, 1.165) is 6.07 Å². The van der Waals surface area contributed by atoms with Gasteiger partial charge in [0.1, 0.15) is 5.82 Å². The fourth-order valence-electron chi connectivity index (χ4n) is 3.36. The topological polar surface area (TPSA) is 93.4 Å². The quantitative estimate of drug-likeness (QED) is 0.663. The normalized spacial score (nSPS) is 21.2. The summed E-state index contributed by atoms with van der Waals surface area (Å²) in [7, 11) is 1.51. The highest BCUT2D eigenvalue weighted by molar-refractivity contribution is 7.89. The van der Waals surface area contributed by atoms with Crippen LogP contribution in [0.2, 0.25) is 0 Å². The van der Waals surface area contributed by atoms with E-state index in [1.807, 2.05) is 19.0 Å². The van der Waals surface area contributed by atoms with Gasteiger partial charge in [-0.2, -0.15) is 4.31 Å². The molecule has 0 bridgehead atoms. The third-order valence-electron chi connectivity index (χ3n) is 4.96. The summed E-state index contributed by atoms with van der Waals surface area (Å²) >= 11 is 0. The second-order valence-electron chi connectivity index (χ2n) is 6.69. The lowest BCUT2D eigenvalue weighted by Gasteiger charge is -2.34. The van der Waals surface area contributed by atoms with Crippen molar-refractivity contribution in [3.63, 3.8) is 0 Å². The molecule has 0 radical (unpaired) electrons. The fourth-order valence-corrected chi connectivity index (χ4v) is 4.88. The number of hydrogen-bond donors (Lipinski definition) is 0. The first-order chi connectivity index (χ1) is 12.8. The van der Waals surface area contributed by atoms with E-state index in [9.17, 15) is 12.8 Å². The molecule has 0 saturated carbocycles. The fraction of sp³-hybridized carbons (Fsp3) is 0.562. The van der Waals surface area contributed by atoms with Crippen molar-refractivity contribution in [1.82, 2.24) is 29.4 Å². The molecule has 2 aromatic rings. The van der Waals surface area contributed by atoms with Crippen molar-refractivity contribution in [1.29, 1.82) is 0 Å². The molecule has 0 amide bonds. The largest absolute Gasteiger partial charge is 0.383 e. The van der Waals surface area contributed by atoms with Gasteiger partial charge in [0.25, 0.3) is 0 Å². The maximum absolute atomic E-state index is 13.5. The molecule has 3 rings (SSSR count). The molecule has 1 aliphatic rings. The van der Waals surface area contributed by atoms with Crippen LogP contribution in [0.25, 0.3) is 0 Å². The lowest BCUT2D eigenvalue weighted by atomic mass is 9.96. The summed E-state index contributed by atoms with van der Waals surface area (Å²) in [5.74, 6) is -0.000791. The van der Waals surface area contributed by atoms with Crippen molar-refractivity contribution in [3.8, 4) is 0 Å². The third kappa shape index (κ3) is 3.59. The molecule has 9 nitrogen and oxygen atoms in total. The van der Waals surface area contributed by atoms with Gasteiger partial charge in [-0.1, -0.05) is 6.07 Å². The number of aromatic nitrogens is 4. The molecule has 11 heteroatoms. The van der Waals surface area contributed by atoms with Crippen LogP contribution >= 0.6 is 0 Å². The van der Waals surface area contributed by atoms with Crippen LogP contribution < -0.4 is 0 Å². The lowest BCUT2D eigenvalue weighted by Crippen LogP contribution is -2.47. The zero-order valence-electron chi connectivity index (χ0n) is 15.5. The lowest BCUT2D eigenvalue weighted by molar-refractivity contribution is 0.138. The highest BCUT2D eigenvalue weighted by Crippen LogP contribution is 2.37. The number of ether oxygens (including phenoxy) is 1. The molecular weight excluding hydrogens is 375 g/mol. The number of benzene rings is 1. The maximum atomic E-state index is 13.5. The first-order valence-corrected chi connectivity index (χ1v) is 9.94. The summed E-state index contributed by atoms with van der Waals surface area (Å²) in [5.41, 5.74) is -0.683. The van der Waals surface area contributed by atoms with Crippen molar-refractivity contribution >= 4 is 10.0 Å². The van der Waals surface area contributed by atoms with Crippen LogP contribution in [-0.2, 0) is 26.8 Å². The van der Waals surface area contributed by atoms with Crippen LogP contribution in [0.1, 0.15) is 12.2 Å². The molecule has 2 heterocycles. The van der Waals surface area contributed by atoms with E-state index < -0.39 is 21.4 Å². The van der Waals surface area contributed by atoms with Gasteiger partial charge in [0.15, 0.2) is 5.82 Å². The minimum atomic E-state index is -3.82. The molecule has 0 N–H and O–H groups in total. The Labute approximate surface area is 157 Å². The number of hydrogen-bond acceptors (Lipinski definition) is 7. The zero-order chi connectivity index (χ0) is 19.7. The molecule has 148 valence electrons. The van der Waals surface area contributed by atoms with Gasteiger partial charge >= 0.3 is 0 Å². The highest BCUT2D eigenvalue weighted by Gasteiger charge is 2.49. The van der Waals surface area contributed by atoms with E-state index in [-0.39, 0.29) is 18.0 Å². The van der Waals surface area contributed by atoms with Gasteiger partial charge in [0.05, 0.1) is 23.6 Å². The van der Waals surface area contributed by atoms with Crippen LogP contribution in [0, 0.1) is 5.82 Å². The van der Waals surface area contributed by atoms with Gasteiger partial charge in [-0.05, 0) is 49.1 Å². The van der Waals surface area contributed by atoms with Crippen molar-refractivity contribution < 1.29 is 17.5 Å². The first kappa shape index (κ1) is 19.8. The Morgan fingerprint density at radius 1 is 1.37 bits per heavy atom. The van der Waals surface area contributed by atoms with Crippen molar-refractivity contribution in [3.05, 3.63) is 35.9 Å². The van der Waals surface area contributed by atoms with Gasteiger partial charge < -0.3 is 4.74 Å². The Balaban J connectivity index is 1.94. The summed E-state index contributed by atoms with van der Waals surface area (Å²) in [6.45, 7) is 1.36. The van der Waals surface area contributed by atoms with Crippen LogP contribution in [0.4, 0.5) is 4.39 Å². The Kier molecular flexibility index (Phi) is 5.56. The second kappa shape index (κ2) is 7.58. The smallest absolute Gasteiger partial charge is 0.243 e. The van der Waals surface area contributed by atoms with Crippen LogP contribution in [0.5, 0.6) is 0 Å². The predicted octanol–water partition coefficient (Wildman–Crippen LogP) is 0.310. The SMILES string of the molecule is COCCn1nnnc1C1(N(C)C)CCN(S(=O)(=O)c2cccc(F)c2)C1. The molecule has 1 unspecified atom stereocenters. The molecule has 1 saturated heterocycles. The summed E-state index contributed by atoms with van der Waals surface area (Å²) < 4.78 is 47.6. The molecule has 1 fully saturated rings. The van der Waals surface area contributed by atoms with E-state index in [2.05, 4.69) is 15.5 Å². The van der Waals surface area contributed by atoms with Crippen molar-refractivity contribution in [2.75, 3.05) is 40.9 Å². The number of likely N-dealkylation sites (N-methyl/N-ethyl adjacent to an activating group) is 1. The van der Waals surface area contributed by atoms with Gasteiger partial charge in [-0.15, -0.1) is 5.10 Å². The monoisotopic (exact) mass is 398 g/mol. The Hall–Kier alpha value is -1.95. The molecule has 1 aromatic heterocycles. The molecule has 1 atom stereocenters. The number of halogens is 1. The molecule has 27 heavy (non-hydrogen) atoms. The van der Waals surface area contributed by atoms with Crippen molar-refractivity contribution in [2.45, 2.75) is 23.4 Å². The summed E-state index contributed by atoms with van der Waals surface area (Å²) in [4.78, 5) is 1.87. The van der Waals surface area contributed by atoms with Crippen LogP contribution in [0.15, 0.2) is 29.2 Å². The standard InChI is InChI=1S/C16H23FN6O3S/c1-21(2)16(15-18-19-20-23(15)9-10-26-3)7-8-22(12-16)27(24,25)14-6-4-5-13(17)11-14/h4-6,11H,7-10,12H2,1-3H3. The summed E-state index contributed by atoms with van der Waals surface area (Å²) in [6.07, 6.45) is 0.516. The second-order valence-corrected chi connectivity index (χ2v) is 8.63. The van der Waals surface area contributed by atoms with E-state index in [1.54, 1.807) is 11.8 Å². The van der Waals surface area contributed by atoms with E-state index in [0.29, 0.717) is 25.4 Å². The Morgan fingerprint density at radius 3 is 2.81 bits per heavy atom. The Bertz CT molecular complexity index is 903. The van der Waals surface area contributed by atoms with E-state index >= 15 is 0 Å². The number of methoxy groups -OCH3 is 1. The minimum absolute atomic E-state index is 0.0592. The van der Waals surface area contributed by atoms with Gasteiger partial charge in [-0.25, -0.2) is 17.5 Å². The number of nitrogens with zero attached hydrogens (tertiary/aromatic N) is 6. The average Bonchev–Trinajstić information content (AvgIpc) is 3.28. The third-order valence-corrected chi connectivity index (χ3v) is 6.80. The predicted molar refractivity (Wildman–Crippen MR) is 94.8 cm³/mol. The summed E-state index contributed by atoms with van der Waals surface area (Å²) in [6, 6.07) is 5.05. The van der Waals surface area contributed by atoms with E-state index in [4.69, 9.17) is 4.74 Å².